The lowest BCUT2D eigenvalue weighted by Gasteiger charge is -2.00. The minimum Gasteiger partial charge on any atom is -0.494 e. The third-order valence-electron chi connectivity index (χ3n) is 2.33. The Hall–Kier alpha value is -1.51. The Kier molecular flexibility index (Phi) is 2.62. The molecular formula is C12H16N2O. The highest BCUT2D eigenvalue weighted by Crippen LogP contribution is 2.21. The van der Waals surface area contributed by atoms with E-state index >= 15 is 0 Å². The zero-order chi connectivity index (χ0) is 10.8. The third kappa shape index (κ3) is 1.96. The highest BCUT2D eigenvalue weighted by Gasteiger charge is 2.06. The fourth-order valence-electron chi connectivity index (χ4n) is 1.54. The third-order valence-corrected chi connectivity index (χ3v) is 2.33. The number of fused-ring (bicyclic) bond motifs is 1. The molecule has 0 radical (unpaired) electrons. The van der Waals surface area contributed by atoms with Gasteiger partial charge in [0.25, 0.3) is 0 Å². The van der Waals surface area contributed by atoms with E-state index in [1.165, 1.54) is 0 Å². The first-order valence-electron chi connectivity index (χ1n) is 5.33. The van der Waals surface area contributed by atoms with Gasteiger partial charge in [-0.05, 0) is 19.1 Å². The van der Waals surface area contributed by atoms with E-state index in [9.17, 15) is 0 Å². The number of ether oxygens (including phenoxy) is 1. The molecule has 1 heterocycles. The fourth-order valence-corrected chi connectivity index (χ4v) is 1.54. The van der Waals surface area contributed by atoms with Gasteiger partial charge < -0.3 is 9.72 Å². The largest absolute Gasteiger partial charge is 0.494 e. The summed E-state index contributed by atoms with van der Waals surface area (Å²) in [5.41, 5.74) is 2.05. The normalized spacial score (nSPS) is 11.2. The van der Waals surface area contributed by atoms with Crippen LogP contribution in [0.5, 0.6) is 5.75 Å². The van der Waals surface area contributed by atoms with Gasteiger partial charge in [0.2, 0.25) is 0 Å². The summed E-state index contributed by atoms with van der Waals surface area (Å²) in [5, 5.41) is 0. The highest BCUT2D eigenvalue weighted by molar-refractivity contribution is 5.76. The molecule has 3 heteroatoms. The average Bonchev–Trinajstić information content (AvgIpc) is 2.61. The van der Waals surface area contributed by atoms with Crippen LogP contribution in [0.3, 0.4) is 0 Å². The number of nitrogens with one attached hydrogen (secondary N) is 1. The zero-order valence-corrected chi connectivity index (χ0v) is 9.37. The molecule has 0 saturated carbocycles. The van der Waals surface area contributed by atoms with Crippen LogP contribution in [0.2, 0.25) is 0 Å². The summed E-state index contributed by atoms with van der Waals surface area (Å²) >= 11 is 0. The molecule has 15 heavy (non-hydrogen) atoms. The zero-order valence-electron chi connectivity index (χ0n) is 9.37. The molecule has 0 spiro atoms. The van der Waals surface area contributed by atoms with Crippen LogP contribution in [0.25, 0.3) is 11.0 Å². The van der Waals surface area contributed by atoms with Gasteiger partial charge in [0, 0.05) is 12.0 Å². The number of hydrogen-bond acceptors (Lipinski definition) is 2. The van der Waals surface area contributed by atoms with Crippen molar-refractivity contribution in [3.8, 4) is 5.75 Å². The van der Waals surface area contributed by atoms with Crippen LogP contribution in [-0.4, -0.2) is 16.6 Å². The molecule has 2 aromatic rings. The van der Waals surface area contributed by atoms with Gasteiger partial charge in [0.05, 0.1) is 17.6 Å². The van der Waals surface area contributed by atoms with Gasteiger partial charge in [-0.3, -0.25) is 0 Å². The molecule has 0 aliphatic heterocycles. The van der Waals surface area contributed by atoms with Crippen LogP contribution in [0.15, 0.2) is 18.2 Å². The predicted octanol–water partition coefficient (Wildman–Crippen LogP) is 3.09. The molecule has 0 unspecified atom stereocenters. The Morgan fingerprint density at radius 3 is 2.87 bits per heavy atom. The Bertz CT molecular complexity index is 460. The van der Waals surface area contributed by atoms with Crippen LogP contribution >= 0.6 is 0 Å². The second-order valence-electron chi connectivity index (χ2n) is 3.89. The van der Waals surface area contributed by atoms with Crippen molar-refractivity contribution in [2.75, 3.05) is 6.61 Å². The van der Waals surface area contributed by atoms with E-state index in [0.717, 1.165) is 22.6 Å². The van der Waals surface area contributed by atoms with Crippen LogP contribution in [0.4, 0.5) is 0 Å². The van der Waals surface area contributed by atoms with Crippen LogP contribution in [0.1, 0.15) is 32.5 Å². The summed E-state index contributed by atoms with van der Waals surface area (Å²) in [6, 6.07) is 5.94. The second-order valence-corrected chi connectivity index (χ2v) is 3.89. The van der Waals surface area contributed by atoms with E-state index in [2.05, 4.69) is 23.8 Å². The Morgan fingerprint density at radius 2 is 2.20 bits per heavy atom. The summed E-state index contributed by atoms with van der Waals surface area (Å²) in [6.45, 7) is 6.93. The van der Waals surface area contributed by atoms with Crippen molar-refractivity contribution < 1.29 is 4.74 Å². The lowest BCUT2D eigenvalue weighted by Crippen LogP contribution is -1.90. The Morgan fingerprint density at radius 1 is 1.40 bits per heavy atom. The maximum absolute atomic E-state index is 5.44. The van der Waals surface area contributed by atoms with Gasteiger partial charge in [-0.2, -0.15) is 0 Å². The molecule has 1 N–H and O–H groups in total. The minimum atomic E-state index is 0.424. The SMILES string of the molecule is CCOc1ccc2nc(C(C)C)[nH]c2c1. The number of aromatic nitrogens is 2. The van der Waals surface area contributed by atoms with Crippen molar-refractivity contribution in [2.24, 2.45) is 0 Å². The Labute approximate surface area is 89.5 Å². The molecule has 1 aromatic carbocycles. The average molecular weight is 204 g/mol. The van der Waals surface area contributed by atoms with Gasteiger partial charge in [-0.1, -0.05) is 13.8 Å². The van der Waals surface area contributed by atoms with Crippen molar-refractivity contribution in [1.82, 2.24) is 9.97 Å². The van der Waals surface area contributed by atoms with E-state index < -0.39 is 0 Å². The molecule has 0 saturated heterocycles. The van der Waals surface area contributed by atoms with Gasteiger partial charge in [0.15, 0.2) is 0 Å². The van der Waals surface area contributed by atoms with E-state index in [1.54, 1.807) is 0 Å². The monoisotopic (exact) mass is 204 g/mol. The van der Waals surface area contributed by atoms with Gasteiger partial charge in [-0.25, -0.2) is 4.98 Å². The first-order valence-corrected chi connectivity index (χ1v) is 5.33. The summed E-state index contributed by atoms with van der Waals surface area (Å²) in [6.07, 6.45) is 0. The topological polar surface area (TPSA) is 37.9 Å². The lowest BCUT2D eigenvalue weighted by atomic mass is 10.2. The number of imidazole rings is 1. The molecule has 0 amide bonds. The summed E-state index contributed by atoms with van der Waals surface area (Å²) < 4.78 is 5.44. The number of aromatic amines is 1. The molecule has 0 aliphatic rings. The van der Waals surface area contributed by atoms with Crippen molar-refractivity contribution in [3.63, 3.8) is 0 Å². The molecule has 3 nitrogen and oxygen atoms in total. The second kappa shape index (κ2) is 3.93. The molecule has 80 valence electrons. The minimum absolute atomic E-state index is 0.424. The van der Waals surface area contributed by atoms with E-state index in [-0.39, 0.29) is 0 Å². The Balaban J connectivity index is 2.43. The van der Waals surface area contributed by atoms with Crippen LogP contribution in [0, 0.1) is 0 Å². The molecule has 0 atom stereocenters. The number of rotatable bonds is 3. The fraction of sp³-hybridized carbons (Fsp3) is 0.417. The molecule has 1 aromatic heterocycles. The predicted molar refractivity (Wildman–Crippen MR) is 61.4 cm³/mol. The summed E-state index contributed by atoms with van der Waals surface area (Å²) in [4.78, 5) is 7.81. The molecule has 0 aliphatic carbocycles. The van der Waals surface area contributed by atoms with E-state index in [0.29, 0.717) is 12.5 Å². The van der Waals surface area contributed by atoms with Crippen LogP contribution in [-0.2, 0) is 0 Å². The van der Waals surface area contributed by atoms with Gasteiger partial charge in [0.1, 0.15) is 11.6 Å². The van der Waals surface area contributed by atoms with Crippen molar-refractivity contribution in [3.05, 3.63) is 24.0 Å². The number of H-pyrrole nitrogens is 1. The first kappa shape index (κ1) is 10.0. The molecule has 0 fully saturated rings. The van der Waals surface area contributed by atoms with E-state index in [1.807, 2.05) is 25.1 Å². The van der Waals surface area contributed by atoms with Crippen molar-refractivity contribution >= 4 is 11.0 Å². The molecule has 2 rings (SSSR count). The highest BCUT2D eigenvalue weighted by atomic mass is 16.5. The number of benzene rings is 1. The first-order chi connectivity index (χ1) is 7.20. The van der Waals surface area contributed by atoms with Gasteiger partial charge >= 0.3 is 0 Å². The maximum Gasteiger partial charge on any atom is 0.121 e. The molecular weight excluding hydrogens is 188 g/mol. The quantitative estimate of drug-likeness (QED) is 0.834. The lowest BCUT2D eigenvalue weighted by molar-refractivity contribution is 0.340. The number of hydrogen-bond donors (Lipinski definition) is 1. The maximum atomic E-state index is 5.44. The van der Waals surface area contributed by atoms with E-state index in [4.69, 9.17) is 4.74 Å². The van der Waals surface area contributed by atoms with Crippen LogP contribution < -0.4 is 4.74 Å². The number of nitrogens with zero attached hydrogens (tertiary/aromatic N) is 1. The van der Waals surface area contributed by atoms with Crippen molar-refractivity contribution in [2.45, 2.75) is 26.7 Å². The smallest absolute Gasteiger partial charge is 0.121 e. The summed E-state index contributed by atoms with van der Waals surface area (Å²) in [5.74, 6) is 2.34. The van der Waals surface area contributed by atoms with Crippen molar-refractivity contribution in [1.29, 1.82) is 0 Å². The van der Waals surface area contributed by atoms with Gasteiger partial charge in [-0.15, -0.1) is 0 Å². The summed E-state index contributed by atoms with van der Waals surface area (Å²) in [7, 11) is 0. The standard InChI is InChI=1S/C12H16N2O/c1-4-15-9-5-6-10-11(7-9)14-12(13-10)8(2)3/h5-8H,4H2,1-3H3,(H,13,14). The molecule has 0 bridgehead atoms.